The van der Waals surface area contributed by atoms with E-state index in [4.69, 9.17) is 0 Å². The Morgan fingerprint density at radius 2 is 2.16 bits per heavy atom. The van der Waals surface area contributed by atoms with Crippen molar-refractivity contribution in [2.75, 3.05) is 13.1 Å². The van der Waals surface area contributed by atoms with Gasteiger partial charge in [0.25, 0.3) is 0 Å². The molecule has 2 aliphatic rings. The third kappa shape index (κ3) is 1.79. The van der Waals surface area contributed by atoms with Crippen molar-refractivity contribution < 1.29 is 0 Å². The molecule has 1 saturated heterocycles. The summed E-state index contributed by atoms with van der Waals surface area (Å²) in [6, 6.07) is 2.24. The first kappa shape index (κ1) is 11.2. The summed E-state index contributed by atoms with van der Waals surface area (Å²) >= 11 is 1.80. The van der Waals surface area contributed by atoms with Crippen LogP contribution in [0.4, 0.5) is 0 Å². The summed E-state index contributed by atoms with van der Waals surface area (Å²) in [4.78, 5) is 5.93. The summed E-state index contributed by atoms with van der Waals surface area (Å²) in [6.45, 7) is 2.15. The van der Waals surface area contributed by atoms with Crippen LogP contribution >= 0.6 is 11.3 Å². The average Bonchev–Trinajstić information content (AvgIpc) is 3.07. The zero-order valence-corrected chi connectivity index (χ0v) is 11.4. The molecule has 2 aromatic heterocycles. The van der Waals surface area contributed by atoms with E-state index in [1.807, 2.05) is 12.4 Å². The van der Waals surface area contributed by atoms with Crippen molar-refractivity contribution in [2.45, 2.75) is 12.8 Å². The zero-order valence-electron chi connectivity index (χ0n) is 10.6. The van der Waals surface area contributed by atoms with E-state index in [0.717, 1.165) is 31.8 Å². The molecule has 0 saturated carbocycles. The van der Waals surface area contributed by atoms with Crippen LogP contribution in [0.15, 0.2) is 29.4 Å². The van der Waals surface area contributed by atoms with E-state index in [2.05, 4.69) is 38.6 Å². The molecule has 0 radical (unpaired) electrons. The number of piperidine rings is 1. The average molecular weight is 269 g/mol. The molecule has 2 aromatic rings. The van der Waals surface area contributed by atoms with Gasteiger partial charge in [-0.1, -0.05) is 5.57 Å². The van der Waals surface area contributed by atoms with Gasteiger partial charge in [-0.2, -0.15) is 0 Å². The van der Waals surface area contributed by atoms with Crippen molar-refractivity contribution >= 4 is 29.2 Å². The third-order valence-electron chi connectivity index (χ3n) is 3.80. The van der Waals surface area contributed by atoms with Crippen LogP contribution in [-0.4, -0.2) is 22.6 Å². The Kier molecular flexibility index (Phi) is 2.64. The summed E-state index contributed by atoms with van der Waals surface area (Å²) in [6.07, 6.45) is 10.5. The highest BCUT2D eigenvalue weighted by atomic mass is 32.1. The summed E-state index contributed by atoms with van der Waals surface area (Å²) < 4.78 is 2.14. The number of rotatable bonds is 0. The van der Waals surface area contributed by atoms with Gasteiger partial charge in [-0.25, -0.2) is 4.98 Å². The molecule has 0 aliphatic carbocycles. The lowest BCUT2D eigenvalue weighted by molar-refractivity contribution is 0.611. The fourth-order valence-electron chi connectivity index (χ4n) is 2.88. The van der Waals surface area contributed by atoms with Gasteiger partial charge in [0, 0.05) is 34.6 Å². The van der Waals surface area contributed by atoms with E-state index in [1.54, 1.807) is 11.3 Å². The molecule has 1 fully saturated rings. The third-order valence-corrected chi connectivity index (χ3v) is 4.69. The molecule has 4 heterocycles. The highest BCUT2D eigenvalue weighted by Crippen LogP contribution is 2.37. The number of nitrogens with zero attached hydrogens (tertiary/aromatic N) is 2. The Hall–Kier alpha value is -1.65. The van der Waals surface area contributed by atoms with Crippen LogP contribution in [0.3, 0.4) is 0 Å². The number of hydrogen-bond donors (Lipinski definition) is 1. The van der Waals surface area contributed by atoms with Crippen molar-refractivity contribution in [1.82, 2.24) is 14.9 Å². The minimum atomic E-state index is 1.08. The second-order valence-corrected chi connectivity index (χ2v) is 5.85. The van der Waals surface area contributed by atoms with E-state index >= 15 is 0 Å². The van der Waals surface area contributed by atoms with E-state index in [-0.39, 0.29) is 0 Å². The quantitative estimate of drug-likeness (QED) is 0.679. The predicted octanol–water partition coefficient (Wildman–Crippen LogP) is 3.07. The Morgan fingerprint density at radius 3 is 3.05 bits per heavy atom. The van der Waals surface area contributed by atoms with Gasteiger partial charge in [0.1, 0.15) is 5.82 Å². The molecular formula is C15H15N3S. The molecule has 4 rings (SSSR count). The largest absolute Gasteiger partial charge is 0.316 e. The summed E-state index contributed by atoms with van der Waals surface area (Å²) in [5.74, 6) is 1.09. The van der Waals surface area contributed by atoms with Crippen LogP contribution in [-0.2, 0) is 0 Å². The van der Waals surface area contributed by atoms with Crippen molar-refractivity contribution in [2.24, 2.45) is 0 Å². The SMILES string of the molecule is C1=Cn2ccnc2C(=C2CCNCC2)c2ccsc21. The maximum Gasteiger partial charge on any atom is 0.144 e. The van der Waals surface area contributed by atoms with E-state index in [0.29, 0.717) is 0 Å². The first-order valence-electron chi connectivity index (χ1n) is 6.65. The van der Waals surface area contributed by atoms with Crippen LogP contribution in [0.1, 0.15) is 29.1 Å². The minimum Gasteiger partial charge on any atom is -0.316 e. The maximum atomic E-state index is 4.59. The van der Waals surface area contributed by atoms with Gasteiger partial charge < -0.3 is 9.88 Å². The Labute approximate surface area is 116 Å². The Morgan fingerprint density at radius 1 is 1.26 bits per heavy atom. The monoisotopic (exact) mass is 269 g/mol. The van der Waals surface area contributed by atoms with E-state index in [1.165, 1.54) is 21.6 Å². The number of hydrogen-bond acceptors (Lipinski definition) is 3. The van der Waals surface area contributed by atoms with Crippen LogP contribution in [0.25, 0.3) is 17.8 Å². The van der Waals surface area contributed by atoms with E-state index < -0.39 is 0 Å². The molecule has 1 N–H and O–H groups in total. The summed E-state index contributed by atoms with van der Waals surface area (Å²) in [5, 5.41) is 5.61. The predicted molar refractivity (Wildman–Crippen MR) is 79.9 cm³/mol. The molecule has 4 heteroatoms. The van der Waals surface area contributed by atoms with Gasteiger partial charge >= 0.3 is 0 Å². The van der Waals surface area contributed by atoms with Crippen molar-refractivity contribution in [3.8, 4) is 0 Å². The fraction of sp³-hybridized carbons (Fsp3) is 0.267. The summed E-state index contributed by atoms with van der Waals surface area (Å²) in [7, 11) is 0. The molecule has 3 nitrogen and oxygen atoms in total. The molecule has 0 atom stereocenters. The molecule has 0 amide bonds. The highest BCUT2D eigenvalue weighted by Gasteiger charge is 2.22. The lowest BCUT2D eigenvalue weighted by atomic mass is 9.93. The highest BCUT2D eigenvalue weighted by molar-refractivity contribution is 7.11. The molecular weight excluding hydrogens is 254 g/mol. The maximum absolute atomic E-state index is 4.59. The number of aromatic nitrogens is 2. The van der Waals surface area contributed by atoms with Crippen molar-refractivity contribution in [1.29, 1.82) is 0 Å². The smallest absolute Gasteiger partial charge is 0.144 e. The first-order chi connectivity index (χ1) is 9.43. The number of nitrogens with one attached hydrogen (secondary N) is 1. The van der Waals surface area contributed by atoms with Gasteiger partial charge in [-0.05, 0) is 43.5 Å². The molecule has 19 heavy (non-hydrogen) atoms. The molecule has 0 unspecified atom stereocenters. The molecule has 0 aromatic carbocycles. The van der Waals surface area contributed by atoms with E-state index in [9.17, 15) is 0 Å². The van der Waals surface area contributed by atoms with Crippen LogP contribution in [0.5, 0.6) is 0 Å². The van der Waals surface area contributed by atoms with Crippen molar-refractivity contribution in [3.05, 3.63) is 45.7 Å². The molecule has 0 spiro atoms. The lowest BCUT2D eigenvalue weighted by Crippen LogP contribution is -2.24. The van der Waals surface area contributed by atoms with Gasteiger partial charge in [0.15, 0.2) is 0 Å². The number of thiophene rings is 1. The standard InChI is InChI=1S/C15H15N3S/c1-5-16-6-2-11(1)14-12-4-10-19-13(12)3-8-18-9-7-17-15(14)18/h3-4,7-10,16H,1-2,5-6H2. The summed E-state index contributed by atoms with van der Waals surface area (Å²) in [5.41, 5.74) is 4.24. The van der Waals surface area contributed by atoms with Gasteiger partial charge in [0.05, 0.1) is 0 Å². The Balaban J connectivity index is 1.98. The fourth-order valence-corrected chi connectivity index (χ4v) is 3.67. The van der Waals surface area contributed by atoms with Gasteiger partial charge in [-0.15, -0.1) is 11.3 Å². The second kappa shape index (κ2) is 4.47. The Bertz CT molecular complexity index is 621. The van der Waals surface area contributed by atoms with Crippen LogP contribution < -0.4 is 5.32 Å². The number of imidazole rings is 1. The second-order valence-electron chi connectivity index (χ2n) is 4.90. The van der Waals surface area contributed by atoms with Crippen molar-refractivity contribution in [3.63, 3.8) is 0 Å². The number of fused-ring (bicyclic) bond motifs is 2. The normalized spacial score (nSPS) is 18.1. The molecule has 0 bridgehead atoms. The van der Waals surface area contributed by atoms with Crippen LogP contribution in [0.2, 0.25) is 0 Å². The first-order valence-corrected chi connectivity index (χ1v) is 7.53. The van der Waals surface area contributed by atoms with Gasteiger partial charge in [-0.3, -0.25) is 0 Å². The lowest BCUT2D eigenvalue weighted by Gasteiger charge is -2.19. The zero-order chi connectivity index (χ0) is 12.7. The topological polar surface area (TPSA) is 29.9 Å². The van der Waals surface area contributed by atoms with Crippen LogP contribution in [0, 0.1) is 0 Å². The minimum absolute atomic E-state index is 1.08. The molecule has 96 valence electrons. The van der Waals surface area contributed by atoms with Gasteiger partial charge in [0.2, 0.25) is 0 Å². The molecule has 2 aliphatic heterocycles.